The highest BCUT2D eigenvalue weighted by atomic mass is 16.5. The molecular weight excluding hydrogens is 358 g/mol. The first kappa shape index (κ1) is 21.4. The maximum atomic E-state index is 12.2. The summed E-state index contributed by atoms with van der Waals surface area (Å²) in [6.45, 7) is 2.59. The molecule has 2 heterocycles. The third-order valence-electron chi connectivity index (χ3n) is 4.07. The zero-order chi connectivity index (χ0) is 20.0. The molecule has 0 radical (unpaired) electrons. The van der Waals surface area contributed by atoms with E-state index in [0.29, 0.717) is 32.3 Å². The van der Waals surface area contributed by atoms with Gasteiger partial charge in [-0.25, -0.2) is 0 Å². The summed E-state index contributed by atoms with van der Waals surface area (Å²) in [7, 11) is 3.47. The predicted octanol–water partition coefficient (Wildman–Crippen LogP) is 1.45. The van der Waals surface area contributed by atoms with Crippen LogP contribution in [0, 0.1) is 0 Å². The van der Waals surface area contributed by atoms with Crippen LogP contribution in [0.1, 0.15) is 17.9 Å². The van der Waals surface area contributed by atoms with E-state index in [4.69, 9.17) is 9.15 Å². The van der Waals surface area contributed by atoms with Gasteiger partial charge < -0.3 is 24.7 Å². The molecule has 0 spiro atoms. The molecular formula is C20H29N5O3. The van der Waals surface area contributed by atoms with Crippen molar-refractivity contribution in [3.8, 4) is 0 Å². The van der Waals surface area contributed by atoms with E-state index in [0.717, 1.165) is 24.3 Å². The number of carbonyl (C=O) groups is 1. The van der Waals surface area contributed by atoms with Crippen LogP contribution >= 0.6 is 0 Å². The first-order chi connectivity index (χ1) is 13.7. The van der Waals surface area contributed by atoms with Crippen molar-refractivity contribution in [2.45, 2.75) is 19.4 Å². The predicted molar refractivity (Wildman–Crippen MR) is 108 cm³/mol. The van der Waals surface area contributed by atoms with Crippen molar-refractivity contribution in [3.63, 3.8) is 0 Å². The van der Waals surface area contributed by atoms with Gasteiger partial charge in [-0.3, -0.25) is 14.8 Å². The highest BCUT2D eigenvalue weighted by Gasteiger charge is 2.09. The number of likely N-dealkylation sites (N-methyl/N-ethyl adjacent to an activating group) is 1. The van der Waals surface area contributed by atoms with Gasteiger partial charge in [0.15, 0.2) is 5.96 Å². The molecule has 2 aromatic heterocycles. The molecule has 0 saturated carbocycles. The van der Waals surface area contributed by atoms with Crippen LogP contribution in [0.4, 0.5) is 0 Å². The molecule has 0 aliphatic rings. The summed E-state index contributed by atoms with van der Waals surface area (Å²) in [5.41, 5.74) is 0.974. The molecule has 0 fully saturated rings. The van der Waals surface area contributed by atoms with Crippen molar-refractivity contribution < 1.29 is 13.9 Å². The Labute approximate surface area is 166 Å². The molecule has 0 aliphatic heterocycles. The highest BCUT2D eigenvalue weighted by Crippen LogP contribution is 2.01. The van der Waals surface area contributed by atoms with Gasteiger partial charge in [-0.2, -0.15) is 0 Å². The average Bonchev–Trinajstić information content (AvgIpc) is 3.25. The summed E-state index contributed by atoms with van der Waals surface area (Å²) < 4.78 is 10.7. The van der Waals surface area contributed by atoms with E-state index < -0.39 is 0 Å². The van der Waals surface area contributed by atoms with E-state index in [9.17, 15) is 4.79 Å². The standard InChI is InChI=1S/C20H29N5O3/c1-21-20(23-11-6-13-27-16-18-8-5-14-28-18)24-15-19(26)25(2)12-9-17-7-3-4-10-22-17/h3-5,7-8,10,14H,6,9,11-13,15-16H2,1-2H3,(H2,21,23,24). The molecule has 0 unspecified atom stereocenters. The van der Waals surface area contributed by atoms with Gasteiger partial charge in [-0.15, -0.1) is 0 Å². The van der Waals surface area contributed by atoms with Gasteiger partial charge in [0, 0.05) is 52.1 Å². The van der Waals surface area contributed by atoms with Crippen LogP contribution in [0.3, 0.4) is 0 Å². The number of nitrogens with one attached hydrogen (secondary N) is 2. The number of hydrogen-bond acceptors (Lipinski definition) is 5. The van der Waals surface area contributed by atoms with E-state index in [1.54, 1.807) is 31.5 Å². The Hall–Kier alpha value is -2.87. The topological polar surface area (TPSA) is 92.0 Å². The van der Waals surface area contributed by atoms with Crippen LogP contribution in [0.15, 0.2) is 52.2 Å². The third-order valence-corrected chi connectivity index (χ3v) is 4.07. The molecule has 2 rings (SSSR count). The van der Waals surface area contributed by atoms with E-state index >= 15 is 0 Å². The second-order valence-electron chi connectivity index (χ2n) is 6.22. The lowest BCUT2D eigenvalue weighted by Crippen LogP contribution is -2.44. The van der Waals surface area contributed by atoms with Gasteiger partial charge in [0.05, 0.1) is 12.8 Å². The number of carbonyl (C=O) groups excluding carboxylic acids is 1. The fraction of sp³-hybridized carbons (Fsp3) is 0.450. The van der Waals surface area contributed by atoms with Crippen LogP contribution in [0.2, 0.25) is 0 Å². The smallest absolute Gasteiger partial charge is 0.241 e. The van der Waals surface area contributed by atoms with Gasteiger partial charge in [0.2, 0.25) is 5.91 Å². The van der Waals surface area contributed by atoms with Crippen LogP contribution in [0.5, 0.6) is 0 Å². The first-order valence-corrected chi connectivity index (χ1v) is 9.37. The molecule has 2 N–H and O–H groups in total. The minimum Gasteiger partial charge on any atom is -0.467 e. The monoisotopic (exact) mass is 387 g/mol. The number of hydrogen-bond donors (Lipinski definition) is 2. The molecule has 0 aromatic carbocycles. The minimum absolute atomic E-state index is 0.000613. The number of guanidine groups is 1. The maximum Gasteiger partial charge on any atom is 0.241 e. The number of aliphatic imine (C=N–C) groups is 1. The molecule has 0 atom stereocenters. The van der Waals surface area contributed by atoms with Crippen LogP contribution < -0.4 is 10.6 Å². The Bertz CT molecular complexity index is 704. The molecule has 2 aromatic rings. The van der Waals surface area contributed by atoms with Gasteiger partial charge in [0.25, 0.3) is 0 Å². The van der Waals surface area contributed by atoms with Gasteiger partial charge in [-0.1, -0.05) is 6.07 Å². The van der Waals surface area contributed by atoms with Crippen molar-refractivity contribution in [2.24, 2.45) is 4.99 Å². The fourth-order valence-electron chi connectivity index (χ4n) is 2.42. The van der Waals surface area contributed by atoms with Crippen molar-refractivity contribution in [1.29, 1.82) is 0 Å². The largest absolute Gasteiger partial charge is 0.467 e. The normalized spacial score (nSPS) is 11.3. The number of furan rings is 1. The Morgan fingerprint density at radius 2 is 2.18 bits per heavy atom. The van der Waals surface area contributed by atoms with Crippen molar-refractivity contribution in [1.82, 2.24) is 20.5 Å². The zero-order valence-electron chi connectivity index (χ0n) is 16.6. The molecule has 8 heteroatoms. The Morgan fingerprint density at radius 3 is 2.89 bits per heavy atom. The van der Waals surface area contributed by atoms with Crippen molar-refractivity contribution in [3.05, 3.63) is 54.2 Å². The van der Waals surface area contributed by atoms with E-state index in [-0.39, 0.29) is 12.5 Å². The molecule has 152 valence electrons. The Morgan fingerprint density at radius 1 is 1.29 bits per heavy atom. The van der Waals surface area contributed by atoms with E-state index in [2.05, 4.69) is 20.6 Å². The zero-order valence-corrected chi connectivity index (χ0v) is 16.6. The number of ether oxygens (including phenoxy) is 1. The number of nitrogens with zero attached hydrogens (tertiary/aromatic N) is 3. The summed E-state index contributed by atoms with van der Waals surface area (Å²) in [5, 5.41) is 6.21. The summed E-state index contributed by atoms with van der Waals surface area (Å²) in [6, 6.07) is 9.51. The molecule has 0 bridgehead atoms. The van der Waals surface area contributed by atoms with Crippen LogP contribution in [-0.2, 0) is 22.6 Å². The number of pyridine rings is 1. The number of amides is 1. The molecule has 1 amide bonds. The Kier molecular flexibility index (Phi) is 9.57. The lowest BCUT2D eigenvalue weighted by molar-refractivity contribution is -0.128. The SMILES string of the molecule is CN=C(NCCCOCc1ccco1)NCC(=O)N(C)CCc1ccccn1. The molecule has 0 aliphatic carbocycles. The highest BCUT2D eigenvalue weighted by molar-refractivity contribution is 5.86. The maximum absolute atomic E-state index is 12.2. The van der Waals surface area contributed by atoms with Gasteiger partial charge >= 0.3 is 0 Å². The quantitative estimate of drug-likeness (QED) is 0.344. The van der Waals surface area contributed by atoms with E-state index in [1.165, 1.54) is 0 Å². The summed E-state index contributed by atoms with van der Waals surface area (Å²) in [4.78, 5) is 22.3. The Balaban J connectivity index is 1.55. The first-order valence-electron chi connectivity index (χ1n) is 9.37. The number of rotatable bonds is 11. The molecule has 0 saturated heterocycles. The average molecular weight is 387 g/mol. The third kappa shape index (κ3) is 8.22. The van der Waals surface area contributed by atoms with Gasteiger partial charge in [-0.05, 0) is 30.7 Å². The second-order valence-corrected chi connectivity index (χ2v) is 6.22. The number of aromatic nitrogens is 1. The summed E-state index contributed by atoms with van der Waals surface area (Å²) in [5.74, 6) is 1.41. The molecule has 8 nitrogen and oxygen atoms in total. The summed E-state index contributed by atoms with van der Waals surface area (Å²) in [6.07, 6.45) is 4.94. The van der Waals surface area contributed by atoms with Gasteiger partial charge in [0.1, 0.15) is 12.4 Å². The summed E-state index contributed by atoms with van der Waals surface area (Å²) >= 11 is 0. The van der Waals surface area contributed by atoms with Crippen LogP contribution in [-0.4, -0.2) is 62.1 Å². The van der Waals surface area contributed by atoms with E-state index in [1.807, 2.05) is 30.3 Å². The van der Waals surface area contributed by atoms with Crippen molar-refractivity contribution >= 4 is 11.9 Å². The lowest BCUT2D eigenvalue weighted by Gasteiger charge is -2.18. The fourth-order valence-corrected chi connectivity index (χ4v) is 2.42. The molecule has 28 heavy (non-hydrogen) atoms. The van der Waals surface area contributed by atoms with Crippen molar-refractivity contribution in [2.75, 3.05) is 40.3 Å². The minimum atomic E-state index is 0.000613. The lowest BCUT2D eigenvalue weighted by atomic mass is 10.2. The second kappa shape index (κ2) is 12.5. The van der Waals surface area contributed by atoms with Crippen LogP contribution in [0.25, 0.3) is 0 Å².